The van der Waals surface area contributed by atoms with Gasteiger partial charge in [-0.25, -0.2) is 9.93 Å². The van der Waals surface area contributed by atoms with E-state index in [4.69, 9.17) is 14.6 Å². The highest BCUT2D eigenvalue weighted by atomic mass is 32.2. The van der Waals surface area contributed by atoms with Crippen LogP contribution in [0.5, 0.6) is 5.75 Å². The minimum Gasteiger partial charge on any atom is -0.496 e. The van der Waals surface area contributed by atoms with Crippen molar-refractivity contribution in [2.24, 2.45) is 11.1 Å². The number of rotatable bonds is 11. The topological polar surface area (TPSA) is 144 Å². The molecular formula is C33H42N4O7S. The molecule has 3 N–H and O–H groups in total. The third kappa shape index (κ3) is 5.84. The van der Waals surface area contributed by atoms with Gasteiger partial charge in [-0.15, -0.1) is 0 Å². The van der Waals surface area contributed by atoms with E-state index in [1.54, 1.807) is 19.1 Å². The first-order chi connectivity index (χ1) is 21.5. The van der Waals surface area contributed by atoms with Gasteiger partial charge in [0.25, 0.3) is 10.2 Å². The van der Waals surface area contributed by atoms with Gasteiger partial charge in [0.05, 0.1) is 37.3 Å². The third-order valence-corrected chi connectivity index (χ3v) is 11.0. The molecule has 1 aromatic heterocycles. The van der Waals surface area contributed by atoms with Crippen LogP contribution in [0, 0.1) is 5.92 Å². The maximum Gasteiger partial charge on any atom is 0.336 e. The highest BCUT2D eigenvalue weighted by molar-refractivity contribution is 7.86. The van der Waals surface area contributed by atoms with Gasteiger partial charge in [0.2, 0.25) is 5.91 Å². The third-order valence-electron chi connectivity index (χ3n) is 9.95. The molecule has 2 atom stereocenters. The van der Waals surface area contributed by atoms with Gasteiger partial charge in [-0.2, -0.15) is 12.7 Å². The van der Waals surface area contributed by atoms with E-state index in [-0.39, 0.29) is 31.6 Å². The highest BCUT2D eigenvalue weighted by Crippen LogP contribution is 2.55. The Labute approximate surface area is 264 Å². The zero-order chi connectivity index (χ0) is 32.0. The summed E-state index contributed by atoms with van der Waals surface area (Å²) in [4.78, 5) is 28.1. The number of likely N-dealkylation sites (N-methyl/N-ethyl adjacent to an activating group) is 2. The van der Waals surface area contributed by atoms with E-state index in [0.717, 1.165) is 56.2 Å². The van der Waals surface area contributed by atoms with Gasteiger partial charge >= 0.3 is 5.97 Å². The number of methoxy groups -OCH3 is 1. The molecule has 3 aliphatic carbocycles. The number of aromatic nitrogens is 1. The molecule has 2 heterocycles. The Morgan fingerprint density at radius 2 is 1.84 bits per heavy atom. The Bertz CT molecular complexity index is 1730. The Kier molecular flexibility index (Phi) is 8.68. The molecule has 0 radical (unpaired) electrons. The van der Waals surface area contributed by atoms with Crippen molar-refractivity contribution in [3.05, 3.63) is 63.9 Å². The van der Waals surface area contributed by atoms with Crippen LogP contribution in [0.3, 0.4) is 0 Å². The van der Waals surface area contributed by atoms with Crippen LogP contribution in [0.1, 0.15) is 61.6 Å². The van der Waals surface area contributed by atoms with Crippen molar-refractivity contribution in [3.8, 4) is 5.75 Å². The number of carbonyl (C=O) groups is 2. The second-order valence-corrected chi connectivity index (χ2v) is 14.2. The Hall–Kier alpha value is -3.45. The number of allylic oxidation sites excluding steroid dienone is 4. The lowest BCUT2D eigenvalue weighted by atomic mass is 9.76. The van der Waals surface area contributed by atoms with Gasteiger partial charge in [-0.05, 0) is 59.6 Å². The molecule has 11 nitrogen and oxygen atoms in total. The number of hydrogen-bond acceptors (Lipinski definition) is 6. The number of carboxylic acid groups (broad SMARTS) is 1. The van der Waals surface area contributed by atoms with Crippen molar-refractivity contribution in [1.82, 2.24) is 13.8 Å². The summed E-state index contributed by atoms with van der Waals surface area (Å²) in [6.07, 6.45) is 10.4. The van der Waals surface area contributed by atoms with Gasteiger partial charge < -0.3 is 24.0 Å². The van der Waals surface area contributed by atoms with E-state index < -0.39 is 22.1 Å². The molecule has 0 saturated heterocycles. The van der Waals surface area contributed by atoms with Gasteiger partial charge in [0.1, 0.15) is 5.75 Å². The second-order valence-electron chi connectivity index (χ2n) is 12.6. The molecule has 0 spiro atoms. The molecule has 0 bridgehead atoms. The molecule has 1 saturated carbocycles. The summed E-state index contributed by atoms with van der Waals surface area (Å²) in [7, 11) is 1.02. The van der Waals surface area contributed by atoms with E-state index >= 15 is 0 Å². The monoisotopic (exact) mass is 638 g/mol. The molecule has 1 amide bonds. The Morgan fingerprint density at radius 3 is 2.53 bits per heavy atom. The molecule has 1 aromatic carbocycles. The lowest BCUT2D eigenvalue weighted by molar-refractivity contribution is -0.135. The standard InChI is InChI=1S/C33H42N4O7S/c1-35(14-16-44-17-15-36(2)45(34,41)42)32(38)23-11-7-10-22-28(23)26-18-24-27(43-3)13-12-21(20-8-5-4-6-9-20)31(24)37(26)19-25-29(22)30(25)33(39)40/h7,10,12-13,18,20,23,28H,4-6,8-9,11,14-17,19H2,1-3H3,(H,39,40)(H2,34,41,42)/t23-,28-/m1/s1. The largest absolute Gasteiger partial charge is 0.496 e. The summed E-state index contributed by atoms with van der Waals surface area (Å²) in [6.45, 7) is 1.27. The van der Waals surface area contributed by atoms with Crippen molar-refractivity contribution in [2.75, 3.05) is 47.5 Å². The van der Waals surface area contributed by atoms with E-state index in [2.05, 4.69) is 16.7 Å². The molecule has 12 heteroatoms. The highest BCUT2D eigenvalue weighted by Gasteiger charge is 2.47. The van der Waals surface area contributed by atoms with Crippen molar-refractivity contribution >= 4 is 33.0 Å². The summed E-state index contributed by atoms with van der Waals surface area (Å²) >= 11 is 0. The predicted octanol–water partition coefficient (Wildman–Crippen LogP) is 3.67. The summed E-state index contributed by atoms with van der Waals surface area (Å²) in [5.74, 6) is -0.540. The van der Waals surface area contributed by atoms with Crippen LogP contribution in [0.15, 0.2) is 52.6 Å². The average Bonchev–Trinajstić information content (AvgIpc) is 3.66. The molecule has 45 heavy (non-hydrogen) atoms. The van der Waals surface area contributed by atoms with Crippen LogP contribution in [-0.4, -0.2) is 86.7 Å². The molecule has 1 aliphatic heterocycles. The molecule has 242 valence electrons. The first kappa shape index (κ1) is 31.5. The number of aliphatic carboxylic acids is 1. The fourth-order valence-corrected chi connectivity index (χ4v) is 7.84. The number of fused-ring (bicyclic) bond motifs is 6. The molecular weight excluding hydrogens is 596 g/mol. The Morgan fingerprint density at radius 1 is 1.11 bits per heavy atom. The molecule has 4 aliphatic rings. The molecule has 1 fully saturated rings. The van der Waals surface area contributed by atoms with Crippen molar-refractivity contribution in [2.45, 2.75) is 56.9 Å². The number of nitrogens with zero attached hydrogens (tertiary/aromatic N) is 3. The number of nitrogens with two attached hydrogens (primary N) is 1. The van der Waals surface area contributed by atoms with Crippen LogP contribution in [0.4, 0.5) is 0 Å². The van der Waals surface area contributed by atoms with Crippen LogP contribution in [0.25, 0.3) is 10.9 Å². The van der Waals surface area contributed by atoms with Gasteiger partial charge in [0, 0.05) is 50.7 Å². The van der Waals surface area contributed by atoms with Crippen LogP contribution in [0.2, 0.25) is 0 Å². The number of benzene rings is 1. The average molecular weight is 639 g/mol. The van der Waals surface area contributed by atoms with E-state index in [1.807, 2.05) is 18.2 Å². The maximum atomic E-state index is 14.1. The summed E-state index contributed by atoms with van der Waals surface area (Å²) in [5.41, 5.74) is 6.25. The zero-order valence-electron chi connectivity index (χ0n) is 26.1. The first-order valence-corrected chi connectivity index (χ1v) is 17.2. The summed E-state index contributed by atoms with van der Waals surface area (Å²) in [6, 6.07) is 6.40. The van der Waals surface area contributed by atoms with Crippen LogP contribution in [-0.2, 0) is 31.1 Å². The van der Waals surface area contributed by atoms with Crippen LogP contribution >= 0.6 is 0 Å². The number of carbonyl (C=O) groups excluding carboxylic acids is 1. The van der Waals surface area contributed by atoms with Crippen LogP contribution < -0.4 is 9.88 Å². The fourth-order valence-electron chi connectivity index (χ4n) is 7.51. The fraction of sp³-hybridized carbons (Fsp3) is 0.515. The van der Waals surface area contributed by atoms with Crippen molar-refractivity contribution < 1.29 is 32.6 Å². The van der Waals surface area contributed by atoms with E-state index in [1.165, 1.54) is 31.9 Å². The predicted molar refractivity (Wildman–Crippen MR) is 170 cm³/mol. The number of ether oxygens (including phenoxy) is 2. The SMILES string of the molecule is COc1ccc(C2CCCCC2)c2c1cc1n2CC2=C(C(=O)O)C2=C2C=CC[C@@H](C(=O)N(C)CCOCCN(C)S(N)(=O)=O)[C@@H]21. The van der Waals surface area contributed by atoms with E-state index in [0.29, 0.717) is 31.0 Å². The Balaban J connectivity index is 1.34. The second kappa shape index (κ2) is 12.4. The number of amides is 1. The van der Waals surface area contributed by atoms with Gasteiger partial charge in [-0.3, -0.25) is 4.79 Å². The molecule has 2 aromatic rings. The number of hydrogen-bond donors (Lipinski definition) is 2. The maximum absolute atomic E-state index is 14.1. The van der Waals surface area contributed by atoms with Gasteiger partial charge in [0.15, 0.2) is 0 Å². The smallest absolute Gasteiger partial charge is 0.336 e. The normalized spacial score (nSPS) is 21.4. The zero-order valence-corrected chi connectivity index (χ0v) is 26.9. The lowest BCUT2D eigenvalue weighted by Gasteiger charge is -2.33. The summed E-state index contributed by atoms with van der Waals surface area (Å²) in [5, 5.41) is 16.3. The van der Waals surface area contributed by atoms with Crippen molar-refractivity contribution in [1.29, 1.82) is 0 Å². The minimum absolute atomic E-state index is 0.0510. The number of carboxylic acids is 1. The van der Waals surface area contributed by atoms with E-state index in [9.17, 15) is 23.1 Å². The minimum atomic E-state index is -3.78. The first-order valence-electron chi connectivity index (χ1n) is 15.7. The molecule has 0 unspecified atom stereocenters. The molecule has 6 rings (SSSR count). The summed E-state index contributed by atoms with van der Waals surface area (Å²) < 4.78 is 37.6. The lowest BCUT2D eigenvalue weighted by Crippen LogP contribution is -2.39. The van der Waals surface area contributed by atoms with Crippen molar-refractivity contribution in [3.63, 3.8) is 0 Å². The van der Waals surface area contributed by atoms with Gasteiger partial charge in [-0.1, -0.05) is 37.5 Å². The quantitative estimate of drug-likeness (QED) is 0.358.